The minimum absolute atomic E-state index is 0.220. The van der Waals surface area contributed by atoms with E-state index in [1.165, 1.54) is 77.0 Å². The molecule has 10 heteroatoms. The highest BCUT2D eigenvalue weighted by Crippen LogP contribution is 2.22. The lowest BCUT2D eigenvalue weighted by Crippen LogP contribution is -2.59. The van der Waals surface area contributed by atoms with Crippen molar-refractivity contribution in [1.82, 2.24) is 0 Å². The third-order valence-electron chi connectivity index (χ3n) is 9.56. The average molecular weight is 741 g/mol. The van der Waals surface area contributed by atoms with Crippen LogP contribution in [0.15, 0.2) is 24.3 Å². The first kappa shape index (κ1) is 48.2. The molecule has 4 N–H and O–H groups in total. The predicted molar refractivity (Wildman–Crippen MR) is 206 cm³/mol. The molecule has 6 atom stereocenters. The second-order valence-corrected chi connectivity index (χ2v) is 14.4. The minimum Gasteiger partial charge on any atom is -0.462 e. The number of rotatable bonds is 34. The van der Waals surface area contributed by atoms with E-state index in [0.717, 1.165) is 64.2 Å². The molecule has 0 aliphatic carbocycles. The van der Waals surface area contributed by atoms with E-state index in [1.807, 2.05) is 0 Å². The molecule has 0 aromatic rings. The van der Waals surface area contributed by atoms with Crippen LogP contribution in [-0.4, -0.2) is 89.0 Å². The van der Waals surface area contributed by atoms with Crippen LogP contribution >= 0.6 is 0 Å². The molecule has 1 fully saturated rings. The summed E-state index contributed by atoms with van der Waals surface area (Å²) in [4.78, 5) is 25.2. The molecule has 1 aliphatic heterocycles. The number of carbonyl (C=O) groups is 2. The van der Waals surface area contributed by atoms with Crippen LogP contribution in [0.1, 0.15) is 174 Å². The van der Waals surface area contributed by atoms with Gasteiger partial charge in [0.05, 0.1) is 13.2 Å². The van der Waals surface area contributed by atoms with E-state index < -0.39 is 49.4 Å². The van der Waals surface area contributed by atoms with E-state index in [9.17, 15) is 30.0 Å². The summed E-state index contributed by atoms with van der Waals surface area (Å²) in [7, 11) is 0. The summed E-state index contributed by atoms with van der Waals surface area (Å²) in [5.41, 5.74) is 0. The molecule has 1 heterocycles. The quantitative estimate of drug-likeness (QED) is 0.0289. The maximum atomic E-state index is 12.7. The third kappa shape index (κ3) is 25.2. The second-order valence-electron chi connectivity index (χ2n) is 14.4. The van der Waals surface area contributed by atoms with E-state index in [-0.39, 0.29) is 32.0 Å². The second kappa shape index (κ2) is 33.7. The van der Waals surface area contributed by atoms with Crippen LogP contribution in [0.3, 0.4) is 0 Å². The van der Waals surface area contributed by atoms with Crippen LogP contribution < -0.4 is 0 Å². The maximum Gasteiger partial charge on any atom is 0.306 e. The highest BCUT2D eigenvalue weighted by Gasteiger charge is 2.44. The van der Waals surface area contributed by atoms with Crippen LogP contribution in [-0.2, 0) is 28.5 Å². The Bertz CT molecular complexity index is 907. The maximum absolute atomic E-state index is 12.7. The molecule has 1 saturated heterocycles. The standard InChI is InChI=1S/C42H76O10/c1-3-5-7-9-11-13-15-17-18-19-21-22-24-26-28-30-37(44)49-33-35(34-50-42-41(48)40(47)39(46)36(32-43)52-42)51-38(45)31-29-27-25-23-20-16-14-12-10-8-6-4-2/h9,11-12,14,35-36,39-43,46-48H,3-8,10,13,15-34H2,1-2H3/b11-9+,14-12+/t35-,36-,39+,40?,41?,42-/m0/s1. The molecule has 2 unspecified atom stereocenters. The smallest absolute Gasteiger partial charge is 0.306 e. The summed E-state index contributed by atoms with van der Waals surface area (Å²) in [6, 6.07) is 0. The molecule has 1 aliphatic rings. The Morgan fingerprint density at radius 3 is 1.56 bits per heavy atom. The van der Waals surface area contributed by atoms with Crippen LogP contribution in [0, 0.1) is 0 Å². The first-order chi connectivity index (χ1) is 25.3. The molecule has 1 rings (SSSR count). The lowest BCUT2D eigenvalue weighted by Gasteiger charge is -2.39. The number of hydrogen-bond acceptors (Lipinski definition) is 10. The van der Waals surface area contributed by atoms with Gasteiger partial charge in [-0.15, -0.1) is 0 Å². The zero-order valence-corrected chi connectivity index (χ0v) is 32.8. The zero-order valence-electron chi connectivity index (χ0n) is 32.8. The lowest BCUT2D eigenvalue weighted by atomic mass is 9.99. The van der Waals surface area contributed by atoms with Gasteiger partial charge in [-0.3, -0.25) is 9.59 Å². The van der Waals surface area contributed by atoms with Gasteiger partial charge in [0.15, 0.2) is 12.4 Å². The van der Waals surface area contributed by atoms with Crippen LogP contribution in [0.4, 0.5) is 0 Å². The van der Waals surface area contributed by atoms with Crippen molar-refractivity contribution >= 4 is 11.9 Å². The number of allylic oxidation sites excluding steroid dienone is 4. The Balaban J connectivity index is 2.36. The summed E-state index contributed by atoms with van der Waals surface area (Å²) in [5, 5.41) is 40.0. The first-order valence-corrected chi connectivity index (χ1v) is 20.9. The Morgan fingerprint density at radius 2 is 1.04 bits per heavy atom. The summed E-state index contributed by atoms with van der Waals surface area (Å²) in [6.45, 7) is 3.35. The van der Waals surface area contributed by atoms with E-state index in [1.54, 1.807) is 0 Å². The topological polar surface area (TPSA) is 152 Å². The van der Waals surface area contributed by atoms with Gasteiger partial charge in [0.25, 0.3) is 0 Å². The number of carbonyl (C=O) groups excluding carboxylic acids is 2. The van der Waals surface area contributed by atoms with Gasteiger partial charge in [-0.1, -0.05) is 128 Å². The highest BCUT2D eigenvalue weighted by molar-refractivity contribution is 5.70. The van der Waals surface area contributed by atoms with Gasteiger partial charge in [0, 0.05) is 12.8 Å². The van der Waals surface area contributed by atoms with E-state index in [2.05, 4.69) is 38.2 Å². The first-order valence-electron chi connectivity index (χ1n) is 20.9. The van der Waals surface area contributed by atoms with Gasteiger partial charge < -0.3 is 39.4 Å². The van der Waals surface area contributed by atoms with Crippen molar-refractivity contribution in [3.8, 4) is 0 Å². The minimum atomic E-state index is -1.59. The van der Waals surface area contributed by atoms with Crippen molar-refractivity contribution in [2.45, 2.75) is 211 Å². The lowest BCUT2D eigenvalue weighted by molar-refractivity contribution is -0.305. The molecule has 0 spiro atoms. The fraction of sp³-hybridized carbons (Fsp3) is 0.857. The Hall–Kier alpha value is -1.82. The van der Waals surface area contributed by atoms with Crippen molar-refractivity contribution in [3.05, 3.63) is 24.3 Å². The molecule has 10 nitrogen and oxygen atoms in total. The van der Waals surface area contributed by atoms with Gasteiger partial charge in [0.1, 0.15) is 31.0 Å². The predicted octanol–water partition coefficient (Wildman–Crippen LogP) is 8.16. The van der Waals surface area contributed by atoms with Gasteiger partial charge in [-0.25, -0.2) is 0 Å². The molecule has 0 radical (unpaired) electrons. The number of unbranched alkanes of at least 4 members (excludes halogenated alkanes) is 19. The normalized spacial score (nSPS) is 21.2. The molecule has 0 amide bonds. The molecule has 304 valence electrons. The van der Waals surface area contributed by atoms with E-state index in [4.69, 9.17) is 18.9 Å². The highest BCUT2D eigenvalue weighted by atomic mass is 16.7. The summed E-state index contributed by atoms with van der Waals surface area (Å²) in [6.07, 6.45) is 27.5. The number of ether oxygens (including phenoxy) is 4. The monoisotopic (exact) mass is 741 g/mol. The zero-order chi connectivity index (χ0) is 38.1. The van der Waals surface area contributed by atoms with Crippen LogP contribution in [0.2, 0.25) is 0 Å². The van der Waals surface area contributed by atoms with Crippen molar-refractivity contribution in [2.75, 3.05) is 19.8 Å². The fourth-order valence-electron chi connectivity index (χ4n) is 6.16. The fourth-order valence-corrected chi connectivity index (χ4v) is 6.16. The average Bonchev–Trinajstić information content (AvgIpc) is 3.14. The van der Waals surface area contributed by atoms with Crippen LogP contribution in [0.5, 0.6) is 0 Å². The van der Waals surface area contributed by atoms with Crippen LogP contribution in [0.25, 0.3) is 0 Å². The number of hydrogen-bond donors (Lipinski definition) is 4. The molecule has 52 heavy (non-hydrogen) atoms. The van der Waals surface area contributed by atoms with Gasteiger partial charge >= 0.3 is 11.9 Å². The van der Waals surface area contributed by atoms with Crippen molar-refractivity contribution in [1.29, 1.82) is 0 Å². The Labute approximate surface area is 315 Å². The molecule has 0 saturated carbocycles. The summed E-state index contributed by atoms with van der Waals surface area (Å²) >= 11 is 0. The van der Waals surface area contributed by atoms with Gasteiger partial charge in [-0.2, -0.15) is 0 Å². The molecule has 0 aromatic heterocycles. The van der Waals surface area contributed by atoms with Crippen molar-refractivity contribution in [2.24, 2.45) is 0 Å². The summed E-state index contributed by atoms with van der Waals surface area (Å²) in [5.74, 6) is -0.818. The Morgan fingerprint density at radius 1 is 0.577 bits per heavy atom. The van der Waals surface area contributed by atoms with Gasteiger partial charge in [0.2, 0.25) is 0 Å². The molecular weight excluding hydrogens is 664 g/mol. The van der Waals surface area contributed by atoms with Gasteiger partial charge in [-0.05, 0) is 57.8 Å². The molecule has 0 bridgehead atoms. The third-order valence-corrected chi connectivity index (χ3v) is 9.56. The molecule has 0 aromatic carbocycles. The van der Waals surface area contributed by atoms with E-state index in [0.29, 0.717) is 6.42 Å². The van der Waals surface area contributed by atoms with Crippen molar-refractivity contribution < 1.29 is 49.0 Å². The number of aliphatic hydroxyl groups excluding tert-OH is 4. The van der Waals surface area contributed by atoms with Crippen molar-refractivity contribution in [3.63, 3.8) is 0 Å². The number of esters is 2. The largest absolute Gasteiger partial charge is 0.462 e. The Kier molecular flexibility index (Phi) is 31.3. The molecular formula is C42H76O10. The number of aliphatic hydroxyl groups is 4. The van der Waals surface area contributed by atoms with E-state index >= 15 is 0 Å². The summed E-state index contributed by atoms with van der Waals surface area (Å²) < 4.78 is 22.1. The SMILES string of the molecule is CCCC/C=C/CCCCCCCCCCCC(=O)OC[C@@H](CO[C@H]1O[C@@H](CO)[C@@H](O)C(O)C1O)OC(=O)CCCCCCC/C=C/CCCCC.